The number of fused-ring (bicyclic) bond motifs is 1. The molecule has 2 aromatic carbocycles. The van der Waals surface area contributed by atoms with Gasteiger partial charge in [0.15, 0.2) is 5.96 Å². The zero-order chi connectivity index (χ0) is 18.5. The third kappa shape index (κ3) is 3.99. The summed E-state index contributed by atoms with van der Waals surface area (Å²) in [4.78, 5) is 8.65. The summed E-state index contributed by atoms with van der Waals surface area (Å²) in [6.07, 6.45) is 0. The lowest BCUT2D eigenvalue weighted by atomic mass is 10.2. The van der Waals surface area contributed by atoms with E-state index >= 15 is 0 Å². The Morgan fingerprint density at radius 3 is 2.77 bits per heavy atom. The van der Waals surface area contributed by atoms with Gasteiger partial charge in [-0.3, -0.25) is 4.99 Å². The predicted octanol–water partition coefficient (Wildman–Crippen LogP) is 2.99. The molecule has 3 aromatic rings. The van der Waals surface area contributed by atoms with Crippen LogP contribution in [-0.2, 0) is 13.1 Å². The summed E-state index contributed by atoms with van der Waals surface area (Å²) in [5, 5.41) is 6.17. The summed E-state index contributed by atoms with van der Waals surface area (Å²) in [5.41, 5.74) is 2.30. The number of guanidine groups is 1. The minimum absolute atomic E-state index is 0.149. The molecule has 0 spiro atoms. The van der Waals surface area contributed by atoms with E-state index < -0.39 is 11.6 Å². The number of nitrogens with one attached hydrogen (secondary N) is 2. The van der Waals surface area contributed by atoms with Gasteiger partial charge in [-0.2, -0.15) is 0 Å². The number of nitrogens with zero attached hydrogens (tertiary/aromatic N) is 3. The quantitative estimate of drug-likeness (QED) is 0.545. The zero-order valence-corrected chi connectivity index (χ0v) is 14.8. The second-order valence-corrected chi connectivity index (χ2v) is 5.89. The van der Waals surface area contributed by atoms with E-state index in [0.29, 0.717) is 19.0 Å². The average Bonchev–Trinajstić information content (AvgIpc) is 2.96. The van der Waals surface area contributed by atoms with Crippen LogP contribution in [0.1, 0.15) is 11.4 Å². The lowest BCUT2D eigenvalue weighted by Gasteiger charge is -2.13. The van der Waals surface area contributed by atoms with E-state index in [1.54, 1.807) is 7.05 Å². The maximum atomic E-state index is 13.7. The Balaban J connectivity index is 1.57. The summed E-state index contributed by atoms with van der Waals surface area (Å²) in [7, 11) is 1.63. The Labute approximate surface area is 150 Å². The normalized spacial score (nSPS) is 11.8. The topological polar surface area (TPSA) is 54.2 Å². The largest absolute Gasteiger partial charge is 0.355 e. The first kappa shape index (κ1) is 17.8. The van der Waals surface area contributed by atoms with Crippen molar-refractivity contribution in [1.29, 1.82) is 0 Å². The van der Waals surface area contributed by atoms with Gasteiger partial charge in [-0.1, -0.05) is 12.1 Å². The molecule has 0 radical (unpaired) electrons. The number of hydrogen-bond donors (Lipinski definition) is 2. The molecule has 7 heteroatoms. The van der Waals surface area contributed by atoms with Crippen molar-refractivity contribution in [2.75, 3.05) is 13.6 Å². The monoisotopic (exact) mass is 357 g/mol. The van der Waals surface area contributed by atoms with Crippen molar-refractivity contribution in [3.05, 3.63) is 65.5 Å². The number of rotatable bonds is 5. The molecule has 0 fully saturated rings. The lowest BCUT2D eigenvalue weighted by Crippen LogP contribution is -2.38. The van der Waals surface area contributed by atoms with Gasteiger partial charge in [0.1, 0.15) is 17.5 Å². The number of benzene rings is 2. The number of para-hydroxylation sites is 2. The van der Waals surface area contributed by atoms with Crippen LogP contribution in [0.25, 0.3) is 11.0 Å². The van der Waals surface area contributed by atoms with E-state index in [-0.39, 0.29) is 12.1 Å². The molecule has 0 amide bonds. The van der Waals surface area contributed by atoms with Gasteiger partial charge in [-0.15, -0.1) is 0 Å². The second kappa shape index (κ2) is 7.95. The molecule has 0 aliphatic heterocycles. The van der Waals surface area contributed by atoms with Crippen molar-refractivity contribution < 1.29 is 8.78 Å². The van der Waals surface area contributed by atoms with Crippen LogP contribution < -0.4 is 10.6 Å². The van der Waals surface area contributed by atoms with E-state index in [1.165, 1.54) is 6.07 Å². The number of aromatic nitrogens is 2. The molecule has 0 bridgehead atoms. The first-order valence-electron chi connectivity index (χ1n) is 8.39. The highest BCUT2D eigenvalue weighted by Crippen LogP contribution is 2.14. The molecule has 0 saturated carbocycles. The van der Waals surface area contributed by atoms with Crippen molar-refractivity contribution in [3.8, 4) is 0 Å². The molecule has 5 nitrogen and oxygen atoms in total. The highest BCUT2D eigenvalue weighted by Gasteiger charge is 2.08. The molecular weight excluding hydrogens is 336 g/mol. The van der Waals surface area contributed by atoms with Gasteiger partial charge < -0.3 is 15.2 Å². The maximum Gasteiger partial charge on any atom is 0.191 e. The van der Waals surface area contributed by atoms with E-state index in [1.807, 2.05) is 31.2 Å². The third-order valence-corrected chi connectivity index (χ3v) is 4.15. The standard InChI is InChI=1S/C19H21F2N5/c1-13-25-17-5-3-4-6-18(17)26(13)10-9-23-19(22-2)24-12-14-11-15(20)7-8-16(14)21/h3-8,11H,9-10,12H2,1-2H3,(H2,22,23,24). The minimum atomic E-state index is -0.464. The molecule has 26 heavy (non-hydrogen) atoms. The van der Waals surface area contributed by atoms with Crippen molar-refractivity contribution >= 4 is 17.0 Å². The number of hydrogen-bond acceptors (Lipinski definition) is 2. The third-order valence-electron chi connectivity index (χ3n) is 4.15. The van der Waals surface area contributed by atoms with Crippen molar-refractivity contribution in [2.24, 2.45) is 4.99 Å². The summed E-state index contributed by atoms with van der Waals surface area (Å²) >= 11 is 0. The van der Waals surface area contributed by atoms with Gasteiger partial charge in [0.2, 0.25) is 0 Å². The summed E-state index contributed by atoms with van der Waals surface area (Å²) < 4.78 is 29.0. The maximum absolute atomic E-state index is 13.7. The number of aliphatic imine (C=N–C) groups is 1. The SMILES string of the molecule is CN=C(NCCn1c(C)nc2ccccc21)NCc1cc(F)ccc1F. The molecule has 0 aliphatic rings. The van der Waals surface area contributed by atoms with Crippen molar-refractivity contribution in [1.82, 2.24) is 20.2 Å². The molecule has 0 aliphatic carbocycles. The minimum Gasteiger partial charge on any atom is -0.355 e. The molecule has 0 unspecified atom stereocenters. The lowest BCUT2D eigenvalue weighted by molar-refractivity contribution is 0.580. The Morgan fingerprint density at radius 2 is 1.96 bits per heavy atom. The molecule has 0 atom stereocenters. The van der Waals surface area contributed by atoms with Crippen molar-refractivity contribution in [3.63, 3.8) is 0 Å². The van der Waals surface area contributed by atoms with Crippen LogP contribution in [0.15, 0.2) is 47.5 Å². The van der Waals surface area contributed by atoms with Gasteiger partial charge in [0, 0.05) is 32.2 Å². The van der Waals surface area contributed by atoms with Gasteiger partial charge in [0.05, 0.1) is 11.0 Å². The number of imidazole rings is 1. The van der Waals surface area contributed by atoms with E-state index in [9.17, 15) is 8.78 Å². The van der Waals surface area contributed by atoms with E-state index in [0.717, 1.165) is 29.0 Å². The van der Waals surface area contributed by atoms with Crippen LogP contribution in [0.2, 0.25) is 0 Å². The van der Waals surface area contributed by atoms with E-state index in [4.69, 9.17) is 0 Å². The Morgan fingerprint density at radius 1 is 1.15 bits per heavy atom. The Hall–Kier alpha value is -2.96. The first-order chi connectivity index (χ1) is 12.6. The predicted molar refractivity (Wildman–Crippen MR) is 99.0 cm³/mol. The van der Waals surface area contributed by atoms with Crippen LogP contribution in [0.3, 0.4) is 0 Å². The number of halogens is 2. The second-order valence-electron chi connectivity index (χ2n) is 5.89. The Kier molecular flexibility index (Phi) is 5.46. The summed E-state index contributed by atoms with van der Waals surface area (Å²) in [6, 6.07) is 11.4. The smallest absolute Gasteiger partial charge is 0.191 e. The molecule has 1 aromatic heterocycles. The highest BCUT2D eigenvalue weighted by atomic mass is 19.1. The fourth-order valence-electron chi connectivity index (χ4n) is 2.84. The number of aryl methyl sites for hydroxylation is 1. The molecule has 0 saturated heterocycles. The van der Waals surface area contributed by atoms with E-state index in [2.05, 4.69) is 25.2 Å². The van der Waals surface area contributed by atoms with Crippen LogP contribution in [0.5, 0.6) is 0 Å². The highest BCUT2D eigenvalue weighted by molar-refractivity contribution is 5.79. The molecule has 3 rings (SSSR count). The molecule has 2 N–H and O–H groups in total. The molecular formula is C19H21F2N5. The zero-order valence-electron chi connectivity index (χ0n) is 14.8. The van der Waals surface area contributed by atoms with Gasteiger partial charge >= 0.3 is 0 Å². The van der Waals surface area contributed by atoms with Gasteiger partial charge in [0.25, 0.3) is 0 Å². The van der Waals surface area contributed by atoms with Crippen LogP contribution >= 0.6 is 0 Å². The summed E-state index contributed by atoms with van der Waals surface area (Å²) in [5.74, 6) is 0.553. The Bertz CT molecular complexity index is 933. The van der Waals surface area contributed by atoms with Gasteiger partial charge in [-0.05, 0) is 37.3 Å². The van der Waals surface area contributed by atoms with Crippen LogP contribution in [0, 0.1) is 18.6 Å². The summed E-state index contributed by atoms with van der Waals surface area (Å²) in [6.45, 7) is 3.45. The van der Waals surface area contributed by atoms with Crippen molar-refractivity contribution in [2.45, 2.75) is 20.0 Å². The van der Waals surface area contributed by atoms with Gasteiger partial charge in [-0.25, -0.2) is 13.8 Å². The molecule has 1 heterocycles. The molecule has 136 valence electrons. The fourth-order valence-corrected chi connectivity index (χ4v) is 2.84. The van der Waals surface area contributed by atoms with Crippen LogP contribution in [-0.4, -0.2) is 29.1 Å². The fraction of sp³-hybridized carbons (Fsp3) is 0.263. The van der Waals surface area contributed by atoms with Crippen LogP contribution in [0.4, 0.5) is 8.78 Å². The average molecular weight is 357 g/mol. The first-order valence-corrected chi connectivity index (χ1v) is 8.39.